The first kappa shape index (κ1) is 10.8. The van der Waals surface area contributed by atoms with Gasteiger partial charge in [-0.05, 0) is 42.3 Å². The minimum absolute atomic E-state index is 0.103. The lowest BCUT2D eigenvalue weighted by atomic mass is 10.0. The first-order chi connectivity index (χ1) is 8.31. The normalized spacial score (nSPS) is 28.4. The van der Waals surface area contributed by atoms with Gasteiger partial charge in [0.25, 0.3) is 0 Å². The molecule has 0 spiro atoms. The van der Waals surface area contributed by atoms with Crippen molar-refractivity contribution < 1.29 is 4.79 Å². The summed E-state index contributed by atoms with van der Waals surface area (Å²) in [5.74, 6) is 2.26. The minimum Gasteiger partial charge on any atom is -0.355 e. The molecule has 2 N–H and O–H groups in total. The van der Waals surface area contributed by atoms with Gasteiger partial charge >= 0.3 is 0 Å². The summed E-state index contributed by atoms with van der Waals surface area (Å²) in [5.41, 5.74) is 3.03. The van der Waals surface area contributed by atoms with Gasteiger partial charge in [0.2, 0.25) is 5.91 Å². The van der Waals surface area contributed by atoms with Gasteiger partial charge in [-0.1, -0.05) is 24.3 Å². The number of carbonyl (C=O) groups is 1. The Hall–Kier alpha value is -1.35. The number of amides is 1. The lowest BCUT2D eigenvalue weighted by molar-refractivity contribution is -0.120. The van der Waals surface area contributed by atoms with Crippen LogP contribution in [-0.4, -0.2) is 26.0 Å². The maximum absolute atomic E-state index is 11.4. The fourth-order valence-electron chi connectivity index (χ4n) is 3.22. The predicted octanol–water partition coefficient (Wildman–Crippen LogP) is 0.908. The molecule has 3 atom stereocenters. The maximum Gasteiger partial charge on any atom is 0.233 e. The Balaban J connectivity index is 1.57. The summed E-state index contributed by atoms with van der Waals surface area (Å²) in [6.07, 6.45) is 1.20. The van der Waals surface area contributed by atoms with Crippen LogP contribution in [0.25, 0.3) is 0 Å². The van der Waals surface area contributed by atoms with Crippen molar-refractivity contribution in [3.05, 3.63) is 35.4 Å². The molecule has 3 unspecified atom stereocenters. The Morgan fingerprint density at radius 3 is 3.06 bits per heavy atom. The van der Waals surface area contributed by atoms with Gasteiger partial charge in [0.05, 0.1) is 6.54 Å². The minimum atomic E-state index is 0.103. The van der Waals surface area contributed by atoms with Crippen LogP contribution in [0.3, 0.4) is 0 Å². The highest BCUT2D eigenvalue weighted by atomic mass is 16.1. The molecule has 1 saturated carbocycles. The van der Waals surface area contributed by atoms with E-state index in [1.807, 2.05) is 0 Å². The highest BCUT2D eigenvalue weighted by Crippen LogP contribution is 2.60. The largest absolute Gasteiger partial charge is 0.355 e. The number of nitrogens with one attached hydrogen (secondary N) is 2. The molecule has 0 aromatic heterocycles. The first-order valence-electron chi connectivity index (χ1n) is 6.30. The summed E-state index contributed by atoms with van der Waals surface area (Å²) >= 11 is 0. The number of carbonyl (C=O) groups excluding carboxylic acids is 1. The smallest absolute Gasteiger partial charge is 0.233 e. The number of hydrogen-bond donors (Lipinski definition) is 2. The Morgan fingerprint density at radius 2 is 2.24 bits per heavy atom. The average Bonchev–Trinajstić information content (AvgIpc) is 2.87. The Kier molecular flexibility index (Phi) is 2.63. The first-order valence-corrected chi connectivity index (χ1v) is 6.30. The molecule has 1 aromatic rings. The molecule has 2 aliphatic rings. The van der Waals surface area contributed by atoms with Crippen molar-refractivity contribution in [1.29, 1.82) is 0 Å². The summed E-state index contributed by atoms with van der Waals surface area (Å²) in [6.45, 7) is 1.25. The lowest BCUT2D eigenvalue weighted by Crippen LogP contribution is -2.33. The molecule has 3 nitrogen and oxygen atoms in total. The van der Waals surface area contributed by atoms with Gasteiger partial charge in [0, 0.05) is 6.54 Å². The average molecular weight is 230 g/mol. The third-order valence-corrected chi connectivity index (χ3v) is 4.07. The summed E-state index contributed by atoms with van der Waals surface area (Å²) < 4.78 is 0. The maximum atomic E-state index is 11.4. The van der Waals surface area contributed by atoms with Crippen molar-refractivity contribution >= 4 is 5.91 Å². The van der Waals surface area contributed by atoms with E-state index in [-0.39, 0.29) is 5.91 Å². The van der Waals surface area contributed by atoms with Crippen molar-refractivity contribution in [2.75, 3.05) is 20.1 Å². The van der Waals surface area contributed by atoms with Crippen molar-refractivity contribution in [3.63, 3.8) is 0 Å². The molecule has 1 fully saturated rings. The second-order valence-corrected chi connectivity index (χ2v) is 5.09. The molecule has 0 heterocycles. The Morgan fingerprint density at radius 1 is 1.41 bits per heavy atom. The van der Waals surface area contributed by atoms with Crippen LogP contribution in [0.2, 0.25) is 0 Å². The molecule has 90 valence electrons. The third kappa shape index (κ3) is 1.84. The summed E-state index contributed by atoms with van der Waals surface area (Å²) in [5, 5.41) is 5.87. The zero-order chi connectivity index (χ0) is 11.8. The van der Waals surface area contributed by atoms with Crippen LogP contribution >= 0.6 is 0 Å². The Labute approximate surface area is 102 Å². The molecule has 1 aromatic carbocycles. The molecule has 3 rings (SSSR count). The highest BCUT2D eigenvalue weighted by molar-refractivity contribution is 5.78. The lowest BCUT2D eigenvalue weighted by Gasteiger charge is -2.08. The molecular weight excluding hydrogens is 212 g/mol. The topological polar surface area (TPSA) is 41.1 Å². The van der Waals surface area contributed by atoms with Crippen molar-refractivity contribution in [2.24, 2.45) is 11.8 Å². The van der Waals surface area contributed by atoms with E-state index in [4.69, 9.17) is 0 Å². The molecular formula is C14H18N2O. The van der Waals surface area contributed by atoms with Crippen LogP contribution in [-0.2, 0) is 11.2 Å². The molecule has 3 heteroatoms. The predicted molar refractivity (Wildman–Crippen MR) is 66.8 cm³/mol. The van der Waals surface area contributed by atoms with Gasteiger partial charge in [-0.3, -0.25) is 4.79 Å². The standard InChI is InChI=1S/C14H18N2O/c1-15-8-13(17)16-7-12-11-6-9-4-2-3-5-10(9)14(11)12/h2-5,11-12,14-15H,6-8H2,1H3,(H,16,17). The van der Waals surface area contributed by atoms with Crippen LogP contribution in [0.4, 0.5) is 0 Å². The highest BCUT2D eigenvalue weighted by Gasteiger charge is 2.54. The van der Waals surface area contributed by atoms with E-state index < -0.39 is 0 Å². The van der Waals surface area contributed by atoms with Crippen molar-refractivity contribution in [3.8, 4) is 0 Å². The van der Waals surface area contributed by atoms with Gasteiger partial charge < -0.3 is 10.6 Å². The third-order valence-electron chi connectivity index (χ3n) is 4.07. The van der Waals surface area contributed by atoms with Crippen LogP contribution in [0.15, 0.2) is 24.3 Å². The van der Waals surface area contributed by atoms with Gasteiger partial charge in [-0.2, -0.15) is 0 Å². The van der Waals surface area contributed by atoms with E-state index in [1.165, 1.54) is 17.5 Å². The van der Waals surface area contributed by atoms with Gasteiger partial charge in [0.15, 0.2) is 0 Å². The summed E-state index contributed by atoms with van der Waals surface area (Å²) in [6, 6.07) is 8.72. The fourth-order valence-corrected chi connectivity index (χ4v) is 3.22. The quantitative estimate of drug-likeness (QED) is 0.807. The van der Waals surface area contributed by atoms with Crippen LogP contribution in [0.1, 0.15) is 17.0 Å². The number of likely N-dealkylation sites (N-methyl/N-ethyl adjacent to an activating group) is 1. The van der Waals surface area contributed by atoms with E-state index in [2.05, 4.69) is 34.9 Å². The molecule has 1 amide bonds. The molecule has 0 radical (unpaired) electrons. The van der Waals surface area contributed by atoms with Gasteiger partial charge in [-0.25, -0.2) is 0 Å². The van der Waals surface area contributed by atoms with Crippen LogP contribution in [0.5, 0.6) is 0 Å². The van der Waals surface area contributed by atoms with E-state index in [9.17, 15) is 4.79 Å². The second kappa shape index (κ2) is 4.15. The molecule has 17 heavy (non-hydrogen) atoms. The van der Waals surface area contributed by atoms with E-state index in [0.717, 1.165) is 12.5 Å². The van der Waals surface area contributed by atoms with Crippen molar-refractivity contribution in [2.45, 2.75) is 12.3 Å². The second-order valence-electron chi connectivity index (χ2n) is 5.09. The monoisotopic (exact) mass is 230 g/mol. The van der Waals surface area contributed by atoms with E-state index in [0.29, 0.717) is 18.4 Å². The number of hydrogen-bond acceptors (Lipinski definition) is 2. The number of fused-ring (bicyclic) bond motifs is 3. The van der Waals surface area contributed by atoms with Gasteiger partial charge in [0.1, 0.15) is 0 Å². The Bertz CT molecular complexity index is 444. The van der Waals surface area contributed by atoms with Crippen LogP contribution < -0.4 is 10.6 Å². The summed E-state index contributed by atoms with van der Waals surface area (Å²) in [4.78, 5) is 11.4. The van der Waals surface area contributed by atoms with Gasteiger partial charge in [-0.15, -0.1) is 0 Å². The zero-order valence-corrected chi connectivity index (χ0v) is 10.1. The molecule has 0 bridgehead atoms. The number of rotatable bonds is 4. The molecule has 0 aliphatic heterocycles. The summed E-state index contributed by atoms with van der Waals surface area (Å²) in [7, 11) is 1.79. The van der Waals surface area contributed by atoms with E-state index >= 15 is 0 Å². The van der Waals surface area contributed by atoms with E-state index in [1.54, 1.807) is 7.05 Å². The molecule has 0 saturated heterocycles. The zero-order valence-electron chi connectivity index (χ0n) is 10.1. The van der Waals surface area contributed by atoms with Crippen molar-refractivity contribution in [1.82, 2.24) is 10.6 Å². The number of benzene rings is 1. The molecule has 2 aliphatic carbocycles. The fraction of sp³-hybridized carbons (Fsp3) is 0.500. The van der Waals surface area contributed by atoms with Crippen LogP contribution in [0, 0.1) is 11.8 Å². The SMILES string of the molecule is CNCC(=O)NCC1C2Cc3ccccc3C12.